The molecule has 0 saturated heterocycles. The molecule has 120 valence electrons. The fraction of sp³-hybridized carbons (Fsp3) is 0.556. The minimum absolute atomic E-state index is 0.128. The first kappa shape index (κ1) is 16.5. The Hall–Kier alpha value is -1.84. The molecule has 1 fully saturated rings. The molecule has 22 heavy (non-hydrogen) atoms. The molecule has 0 bridgehead atoms. The van der Waals surface area contributed by atoms with Gasteiger partial charge in [-0.05, 0) is 42.9 Å². The molecule has 0 atom stereocenters. The van der Waals surface area contributed by atoms with Crippen LogP contribution in [0.25, 0.3) is 0 Å². The van der Waals surface area contributed by atoms with Crippen molar-refractivity contribution in [3.63, 3.8) is 0 Å². The van der Waals surface area contributed by atoms with Crippen molar-refractivity contribution in [2.45, 2.75) is 52.4 Å². The smallest absolute Gasteiger partial charge is 0.240 e. The van der Waals surface area contributed by atoms with E-state index in [1.54, 1.807) is 0 Å². The van der Waals surface area contributed by atoms with Gasteiger partial charge in [-0.25, -0.2) is 0 Å². The van der Waals surface area contributed by atoms with Crippen molar-refractivity contribution in [2.75, 3.05) is 11.9 Å². The van der Waals surface area contributed by atoms with Gasteiger partial charge in [-0.3, -0.25) is 9.59 Å². The summed E-state index contributed by atoms with van der Waals surface area (Å²) in [5.41, 5.74) is 1.14. The topological polar surface area (TPSA) is 58.2 Å². The Labute approximate surface area is 132 Å². The quantitative estimate of drug-likeness (QED) is 0.599. The maximum Gasteiger partial charge on any atom is 0.240 e. The lowest BCUT2D eigenvalue weighted by atomic mass is 10.0. The summed E-state index contributed by atoms with van der Waals surface area (Å²) in [5.74, 6) is 0.153. The van der Waals surface area contributed by atoms with E-state index in [4.69, 9.17) is 0 Å². The third kappa shape index (κ3) is 3.67. The lowest BCUT2D eigenvalue weighted by molar-refractivity contribution is -0.134. The number of hydrogen-bond donors (Lipinski definition) is 2. The Balaban J connectivity index is 1.95. The van der Waals surface area contributed by atoms with Gasteiger partial charge in [-0.1, -0.05) is 39.3 Å². The van der Waals surface area contributed by atoms with E-state index in [0.717, 1.165) is 18.5 Å². The highest BCUT2D eigenvalue weighted by molar-refractivity contribution is 6.13. The molecule has 2 rings (SSSR count). The average molecular weight is 302 g/mol. The summed E-state index contributed by atoms with van der Waals surface area (Å²) in [7, 11) is 0. The molecule has 1 aliphatic carbocycles. The number of hydrogen-bond acceptors (Lipinski definition) is 2. The van der Waals surface area contributed by atoms with Gasteiger partial charge in [-0.2, -0.15) is 0 Å². The molecule has 1 aliphatic rings. The van der Waals surface area contributed by atoms with Crippen LogP contribution in [-0.4, -0.2) is 18.4 Å². The predicted octanol–water partition coefficient (Wildman–Crippen LogP) is 3.45. The van der Waals surface area contributed by atoms with E-state index < -0.39 is 5.41 Å². The second kappa shape index (κ2) is 6.95. The number of amides is 2. The Kier molecular flexibility index (Phi) is 5.22. The van der Waals surface area contributed by atoms with Crippen molar-refractivity contribution in [1.29, 1.82) is 0 Å². The zero-order chi connectivity index (χ0) is 16.2. The molecule has 0 spiro atoms. The van der Waals surface area contributed by atoms with Gasteiger partial charge in [0.1, 0.15) is 5.41 Å². The van der Waals surface area contributed by atoms with Crippen LogP contribution in [0.15, 0.2) is 24.3 Å². The summed E-state index contributed by atoms with van der Waals surface area (Å²) in [4.78, 5) is 24.6. The van der Waals surface area contributed by atoms with Gasteiger partial charge in [0.15, 0.2) is 0 Å². The fourth-order valence-electron chi connectivity index (χ4n) is 2.43. The van der Waals surface area contributed by atoms with Crippen molar-refractivity contribution in [2.24, 2.45) is 5.41 Å². The second-order valence-corrected chi connectivity index (χ2v) is 6.42. The van der Waals surface area contributed by atoms with Crippen LogP contribution in [0.1, 0.15) is 57.9 Å². The number of nitrogens with one attached hydrogen (secondary N) is 2. The predicted molar refractivity (Wildman–Crippen MR) is 88.7 cm³/mol. The van der Waals surface area contributed by atoms with Gasteiger partial charge in [0.25, 0.3) is 0 Å². The van der Waals surface area contributed by atoms with Crippen molar-refractivity contribution < 1.29 is 9.59 Å². The lowest BCUT2D eigenvalue weighted by Gasteiger charge is -2.15. The zero-order valence-corrected chi connectivity index (χ0v) is 13.7. The third-order valence-electron chi connectivity index (χ3n) is 4.27. The van der Waals surface area contributed by atoms with Gasteiger partial charge in [-0.15, -0.1) is 0 Å². The van der Waals surface area contributed by atoms with Gasteiger partial charge in [0, 0.05) is 12.2 Å². The number of rotatable bonds is 7. The monoisotopic (exact) mass is 302 g/mol. The first-order chi connectivity index (χ1) is 10.5. The molecule has 2 amide bonds. The van der Waals surface area contributed by atoms with Crippen molar-refractivity contribution in [3.8, 4) is 0 Å². The Morgan fingerprint density at radius 2 is 1.77 bits per heavy atom. The van der Waals surface area contributed by atoms with Crippen LogP contribution in [0.4, 0.5) is 5.69 Å². The van der Waals surface area contributed by atoms with Crippen LogP contribution in [-0.2, 0) is 9.59 Å². The lowest BCUT2D eigenvalue weighted by Crippen LogP contribution is -2.40. The summed E-state index contributed by atoms with van der Waals surface area (Å²) >= 11 is 0. The molecule has 0 aliphatic heterocycles. The summed E-state index contributed by atoms with van der Waals surface area (Å²) in [6, 6.07) is 7.83. The van der Waals surface area contributed by atoms with Gasteiger partial charge < -0.3 is 10.6 Å². The third-order valence-corrected chi connectivity index (χ3v) is 4.27. The molecule has 4 heteroatoms. The van der Waals surface area contributed by atoms with Crippen molar-refractivity contribution in [1.82, 2.24) is 5.32 Å². The standard InChI is InChI=1S/C18H26N2O2/c1-4-5-12-19-16(21)18(10-11-18)17(22)20-15-8-6-14(7-9-15)13(2)3/h6-9,13H,4-5,10-12H2,1-3H3,(H,19,21)(H,20,22). The van der Waals surface area contributed by atoms with Crippen molar-refractivity contribution >= 4 is 17.5 Å². The SMILES string of the molecule is CCCCNC(=O)C1(C(=O)Nc2ccc(C(C)C)cc2)CC1. The molecular formula is C18H26N2O2. The first-order valence-corrected chi connectivity index (χ1v) is 8.19. The molecule has 4 nitrogen and oxygen atoms in total. The van der Waals surface area contributed by atoms with Gasteiger partial charge in [0.05, 0.1) is 0 Å². The Morgan fingerprint density at radius 3 is 2.27 bits per heavy atom. The Morgan fingerprint density at radius 1 is 1.14 bits per heavy atom. The van der Waals surface area contributed by atoms with E-state index in [1.165, 1.54) is 5.56 Å². The fourth-order valence-corrected chi connectivity index (χ4v) is 2.43. The van der Waals surface area contributed by atoms with E-state index in [-0.39, 0.29) is 11.8 Å². The summed E-state index contributed by atoms with van der Waals surface area (Å²) in [6.07, 6.45) is 3.25. The molecule has 2 N–H and O–H groups in total. The van der Waals surface area contributed by atoms with E-state index in [0.29, 0.717) is 25.3 Å². The molecule has 1 saturated carbocycles. The molecule has 0 unspecified atom stereocenters. The molecule has 0 radical (unpaired) electrons. The first-order valence-electron chi connectivity index (χ1n) is 8.19. The second-order valence-electron chi connectivity index (χ2n) is 6.42. The number of unbranched alkanes of at least 4 members (excludes halogenated alkanes) is 1. The van der Waals surface area contributed by atoms with E-state index >= 15 is 0 Å². The van der Waals surface area contributed by atoms with Crippen LogP contribution < -0.4 is 10.6 Å². The van der Waals surface area contributed by atoms with Gasteiger partial charge in [0.2, 0.25) is 11.8 Å². The Bertz CT molecular complexity index is 531. The van der Waals surface area contributed by atoms with Crippen LogP contribution in [0.3, 0.4) is 0 Å². The molecule has 1 aromatic carbocycles. The maximum atomic E-state index is 12.4. The minimum Gasteiger partial charge on any atom is -0.355 e. The maximum absolute atomic E-state index is 12.4. The normalized spacial score (nSPS) is 15.5. The van der Waals surface area contributed by atoms with Crippen LogP contribution in [0, 0.1) is 5.41 Å². The van der Waals surface area contributed by atoms with E-state index in [2.05, 4.69) is 31.4 Å². The molecule has 0 aromatic heterocycles. The number of anilines is 1. The van der Waals surface area contributed by atoms with Crippen LogP contribution in [0.5, 0.6) is 0 Å². The average Bonchev–Trinajstić information content (AvgIpc) is 3.29. The van der Waals surface area contributed by atoms with Gasteiger partial charge >= 0.3 is 0 Å². The zero-order valence-electron chi connectivity index (χ0n) is 13.7. The number of carbonyl (C=O) groups excluding carboxylic acids is 2. The largest absolute Gasteiger partial charge is 0.355 e. The highest BCUT2D eigenvalue weighted by atomic mass is 16.2. The molecule has 1 aromatic rings. The van der Waals surface area contributed by atoms with Crippen LogP contribution >= 0.6 is 0 Å². The number of benzene rings is 1. The van der Waals surface area contributed by atoms with E-state index in [1.807, 2.05) is 24.3 Å². The molecule has 0 heterocycles. The van der Waals surface area contributed by atoms with Crippen molar-refractivity contribution in [3.05, 3.63) is 29.8 Å². The number of carbonyl (C=O) groups is 2. The molecular weight excluding hydrogens is 276 g/mol. The van der Waals surface area contributed by atoms with Crippen LogP contribution in [0.2, 0.25) is 0 Å². The summed E-state index contributed by atoms with van der Waals surface area (Å²) in [6.45, 7) is 6.99. The minimum atomic E-state index is -0.843. The highest BCUT2D eigenvalue weighted by Crippen LogP contribution is 2.46. The summed E-state index contributed by atoms with van der Waals surface area (Å²) in [5, 5.41) is 5.76. The highest BCUT2D eigenvalue weighted by Gasteiger charge is 2.56. The summed E-state index contributed by atoms with van der Waals surface area (Å²) < 4.78 is 0. The van der Waals surface area contributed by atoms with E-state index in [9.17, 15) is 9.59 Å².